The molecule has 1 aromatic heterocycles. The second-order valence-corrected chi connectivity index (χ2v) is 8.73. The maximum atomic E-state index is 12.4. The SMILES string of the molecule is O=C(Cc1csc(-c2ccc(CN3CCOCC3)cc2)n1)NCc1ccc2c(c1)OCO2. The van der Waals surface area contributed by atoms with Gasteiger partial charge in [0.05, 0.1) is 25.3 Å². The fourth-order valence-corrected chi connectivity index (χ4v) is 4.60. The first-order chi connectivity index (χ1) is 15.7. The molecule has 1 amide bonds. The molecule has 1 fully saturated rings. The molecule has 2 aromatic carbocycles. The minimum Gasteiger partial charge on any atom is -0.454 e. The van der Waals surface area contributed by atoms with Crippen LogP contribution in [0.2, 0.25) is 0 Å². The second-order valence-electron chi connectivity index (χ2n) is 7.87. The molecule has 0 unspecified atom stereocenters. The van der Waals surface area contributed by atoms with Gasteiger partial charge in [0.25, 0.3) is 0 Å². The summed E-state index contributed by atoms with van der Waals surface area (Å²) in [6.45, 7) is 5.21. The molecule has 3 heterocycles. The summed E-state index contributed by atoms with van der Waals surface area (Å²) in [5.41, 5.74) is 4.12. The van der Waals surface area contributed by atoms with Gasteiger partial charge >= 0.3 is 0 Å². The zero-order valence-electron chi connectivity index (χ0n) is 17.7. The Bertz CT molecular complexity index is 1080. The number of carbonyl (C=O) groups is 1. The first-order valence-electron chi connectivity index (χ1n) is 10.7. The number of rotatable bonds is 7. The summed E-state index contributed by atoms with van der Waals surface area (Å²) in [5.74, 6) is 1.40. The molecule has 2 aliphatic heterocycles. The van der Waals surface area contributed by atoms with E-state index < -0.39 is 0 Å². The van der Waals surface area contributed by atoms with Crippen LogP contribution in [0.1, 0.15) is 16.8 Å². The van der Waals surface area contributed by atoms with Gasteiger partial charge in [0.2, 0.25) is 12.7 Å². The number of carbonyl (C=O) groups excluding carboxylic acids is 1. The van der Waals surface area contributed by atoms with Crippen LogP contribution in [0.15, 0.2) is 47.8 Å². The van der Waals surface area contributed by atoms with Gasteiger partial charge in [-0.25, -0.2) is 4.98 Å². The highest BCUT2D eigenvalue weighted by atomic mass is 32.1. The summed E-state index contributed by atoms with van der Waals surface area (Å²) < 4.78 is 16.1. The molecule has 0 aliphatic carbocycles. The molecular weight excluding hydrogens is 426 g/mol. The van der Waals surface area contributed by atoms with Crippen molar-refractivity contribution in [1.82, 2.24) is 15.2 Å². The Morgan fingerprint density at radius 3 is 2.66 bits per heavy atom. The molecule has 0 radical (unpaired) electrons. The molecule has 32 heavy (non-hydrogen) atoms. The summed E-state index contributed by atoms with van der Waals surface area (Å²) in [7, 11) is 0. The van der Waals surface area contributed by atoms with Crippen molar-refractivity contribution in [3.8, 4) is 22.1 Å². The van der Waals surface area contributed by atoms with Crippen LogP contribution < -0.4 is 14.8 Å². The average molecular weight is 452 g/mol. The van der Waals surface area contributed by atoms with E-state index in [1.165, 1.54) is 5.56 Å². The van der Waals surface area contributed by atoms with E-state index in [1.54, 1.807) is 11.3 Å². The van der Waals surface area contributed by atoms with Crippen LogP contribution in [-0.4, -0.2) is 48.9 Å². The third-order valence-corrected chi connectivity index (χ3v) is 6.47. The first-order valence-corrected chi connectivity index (χ1v) is 11.6. The van der Waals surface area contributed by atoms with Crippen molar-refractivity contribution < 1.29 is 19.0 Å². The van der Waals surface area contributed by atoms with Crippen molar-refractivity contribution >= 4 is 17.2 Å². The molecule has 2 aliphatic rings. The molecule has 3 aromatic rings. The number of morpholine rings is 1. The van der Waals surface area contributed by atoms with Crippen molar-refractivity contribution in [1.29, 1.82) is 0 Å². The molecule has 0 saturated carbocycles. The van der Waals surface area contributed by atoms with Crippen molar-refractivity contribution in [3.05, 3.63) is 64.7 Å². The van der Waals surface area contributed by atoms with Gasteiger partial charge in [0.15, 0.2) is 11.5 Å². The number of amides is 1. The van der Waals surface area contributed by atoms with Crippen LogP contribution in [-0.2, 0) is 29.0 Å². The molecule has 1 N–H and O–H groups in total. The molecular formula is C24H25N3O4S. The van der Waals surface area contributed by atoms with E-state index in [9.17, 15) is 4.79 Å². The normalized spacial score (nSPS) is 15.6. The monoisotopic (exact) mass is 451 g/mol. The molecule has 7 nitrogen and oxygen atoms in total. The second kappa shape index (κ2) is 9.68. The quantitative estimate of drug-likeness (QED) is 0.595. The van der Waals surface area contributed by atoms with Crippen molar-refractivity contribution in [3.63, 3.8) is 0 Å². The van der Waals surface area contributed by atoms with Crippen molar-refractivity contribution in [2.45, 2.75) is 19.5 Å². The molecule has 5 rings (SSSR count). The number of hydrogen-bond donors (Lipinski definition) is 1. The third kappa shape index (κ3) is 5.09. The van der Waals surface area contributed by atoms with Gasteiger partial charge in [-0.15, -0.1) is 11.3 Å². The number of benzene rings is 2. The number of nitrogens with zero attached hydrogens (tertiary/aromatic N) is 2. The van der Waals surface area contributed by atoms with Crippen LogP contribution >= 0.6 is 11.3 Å². The smallest absolute Gasteiger partial charge is 0.231 e. The molecule has 0 spiro atoms. The molecule has 1 saturated heterocycles. The number of nitrogens with one attached hydrogen (secondary N) is 1. The van der Waals surface area contributed by atoms with Crippen LogP contribution in [0.3, 0.4) is 0 Å². The Labute approximate surface area is 190 Å². The Kier molecular flexibility index (Phi) is 6.34. The Morgan fingerprint density at radius 1 is 1.03 bits per heavy atom. The molecule has 166 valence electrons. The van der Waals surface area contributed by atoms with E-state index in [2.05, 4.69) is 39.5 Å². The van der Waals surface area contributed by atoms with E-state index >= 15 is 0 Å². The minimum absolute atomic E-state index is 0.0552. The number of hydrogen-bond acceptors (Lipinski definition) is 7. The zero-order valence-corrected chi connectivity index (χ0v) is 18.5. The van der Waals surface area contributed by atoms with Gasteiger partial charge in [-0.1, -0.05) is 30.3 Å². The van der Waals surface area contributed by atoms with Gasteiger partial charge in [0, 0.05) is 37.1 Å². The van der Waals surface area contributed by atoms with E-state index in [0.29, 0.717) is 6.54 Å². The predicted molar refractivity (Wildman–Crippen MR) is 122 cm³/mol. The predicted octanol–water partition coefficient (Wildman–Crippen LogP) is 3.23. The maximum absolute atomic E-state index is 12.4. The number of thiazole rings is 1. The Hall–Kier alpha value is -2.94. The fourth-order valence-electron chi connectivity index (χ4n) is 3.77. The molecule has 8 heteroatoms. The topological polar surface area (TPSA) is 72.9 Å². The number of aromatic nitrogens is 1. The third-order valence-electron chi connectivity index (χ3n) is 5.53. The van der Waals surface area contributed by atoms with E-state index in [-0.39, 0.29) is 19.1 Å². The molecule has 0 bridgehead atoms. The zero-order chi connectivity index (χ0) is 21.8. The molecule has 0 atom stereocenters. The van der Waals surface area contributed by atoms with Crippen molar-refractivity contribution in [2.24, 2.45) is 0 Å². The van der Waals surface area contributed by atoms with Crippen LogP contribution in [0.5, 0.6) is 11.5 Å². The van der Waals surface area contributed by atoms with E-state index in [4.69, 9.17) is 14.2 Å². The van der Waals surface area contributed by atoms with Gasteiger partial charge in [0.1, 0.15) is 5.01 Å². The summed E-state index contributed by atoms with van der Waals surface area (Å²) in [6.07, 6.45) is 0.260. The minimum atomic E-state index is -0.0552. The van der Waals surface area contributed by atoms with Gasteiger partial charge < -0.3 is 19.5 Å². The number of ether oxygens (including phenoxy) is 3. The van der Waals surface area contributed by atoms with E-state index in [0.717, 1.165) is 66.2 Å². The van der Waals surface area contributed by atoms with E-state index in [1.807, 2.05) is 23.6 Å². The summed E-state index contributed by atoms with van der Waals surface area (Å²) >= 11 is 1.57. The van der Waals surface area contributed by atoms with Crippen molar-refractivity contribution in [2.75, 3.05) is 33.1 Å². The summed E-state index contributed by atoms with van der Waals surface area (Å²) in [4.78, 5) is 19.5. The van der Waals surface area contributed by atoms with Gasteiger partial charge in [-0.05, 0) is 23.3 Å². The largest absolute Gasteiger partial charge is 0.454 e. The van der Waals surface area contributed by atoms with Crippen LogP contribution in [0.4, 0.5) is 0 Å². The highest BCUT2D eigenvalue weighted by Crippen LogP contribution is 2.32. The van der Waals surface area contributed by atoms with Crippen LogP contribution in [0.25, 0.3) is 10.6 Å². The lowest BCUT2D eigenvalue weighted by atomic mass is 10.1. The highest BCUT2D eigenvalue weighted by Gasteiger charge is 2.14. The fraction of sp³-hybridized carbons (Fsp3) is 0.333. The highest BCUT2D eigenvalue weighted by molar-refractivity contribution is 7.13. The first kappa shape index (κ1) is 20.9. The van der Waals surface area contributed by atoms with Gasteiger partial charge in [-0.3, -0.25) is 9.69 Å². The van der Waals surface area contributed by atoms with Crippen LogP contribution in [0, 0.1) is 0 Å². The lowest BCUT2D eigenvalue weighted by Crippen LogP contribution is -2.35. The van der Waals surface area contributed by atoms with Gasteiger partial charge in [-0.2, -0.15) is 0 Å². The Balaban J connectivity index is 1.13. The Morgan fingerprint density at radius 2 is 1.81 bits per heavy atom. The summed E-state index contributed by atoms with van der Waals surface area (Å²) in [6, 6.07) is 14.2. The summed E-state index contributed by atoms with van der Waals surface area (Å²) in [5, 5.41) is 5.84. The lowest BCUT2D eigenvalue weighted by molar-refractivity contribution is -0.120. The maximum Gasteiger partial charge on any atom is 0.231 e. The average Bonchev–Trinajstić information content (AvgIpc) is 3.48. The number of fused-ring (bicyclic) bond motifs is 1. The lowest BCUT2D eigenvalue weighted by Gasteiger charge is -2.26. The standard InChI is InChI=1S/C24H25N3O4S/c28-23(25-13-18-3-6-21-22(11-18)31-16-30-21)12-20-15-32-24(26-20)19-4-1-17(2-5-19)14-27-7-9-29-10-8-27/h1-6,11,15H,7-10,12-14,16H2,(H,25,28).